The van der Waals surface area contributed by atoms with Crippen molar-refractivity contribution in [2.45, 2.75) is 13.8 Å². The summed E-state index contributed by atoms with van der Waals surface area (Å²) in [6.07, 6.45) is 0. The van der Waals surface area contributed by atoms with E-state index in [0.29, 0.717) is 5.69 Å². The minimum absolute atomic E-state index is 0.259. The highest BCUT2D eigenvalue weighted by Gasteiger charge is 2.03. The predicted molar refractivity (Wildman–Crippen MR) is 107 cm³/mol. The third kappa shape index (κ3) is 5.44. The number of nitrogen functional groups attached to an aromatic ring is 1. The van der Waals surface area contributed by atoms with Crippen molar-refractivity contribution in [2.75, 3.05) is 23.7 Å². The van der Waals surface area contributed by atoms with Crippen LogP contribution in [0.2, 0.25) is 5.02 Å². The molecule has 3 rings (SSSR count). The van der Waals surface area contributed by atoms with Crippen molar-refractivity contribution in [1.29, 1.82) is 0 Å². The van der Waals surface area contributed by atoms with Crippen molar-refractivity contribution in [3.63, 3.8) is 0 Å². The number of hydrogen-bond donors (Lipinski definition) is 1. The predicted octanol–water partition coefficient (Wildman–Crippen LogP) is 5.72. The van der Waals surface area contributed by atoms with E-state index in [2.05, 4.69) is 53.4 Å². The van der Waals surface area contributed by atoms with E-state index in [1.165, 1.54) is 29.4 Å². The van der Waals surface area contributed by atoms with Gasteiger partial charge in [-0.1, -0.05) is 23.7 Å². The van der Waals surface area contributed by atoms with Gasteiger partial charge in [0.05, 0.1) is 21.9 Å². The van der Waals surface area contributed by atoms with E-state index < -0.39 is 0 Å². The highest BCUT2D eigenvalue weighted by Crippen LogP contribution is 2.22. The Morgan fingerprint density at radius 1 is 1.12 bits per heavy atom. The Balaban J connectivity index is 0.000000212. The Morgan fingerprint density at radius 2 is 1.80 bits per heavy atom. The molecule has 0 amide bonds. The zero-order valence-electron chi connectivity index (χ0n) is 14.2. The Morgan fingerprint density at radius 3 is 2.28 bits per heavy atom. The second kappa shape index (κ2) is 9.39. The molecule has 25 heavy (non-hydrogen) atoms. The van der Waals surface area contributed by atoms with Gasteiger partial charge in [0.1, 0.15) is 5.82 Å². The van der Waals surface area contributed by atoms with Crippen LogP contribution < -0.4 is 10.6 Å². The topological polar surface area (TPSA) is 42.2 Å². The number of anilines is 2. The molecule has 132 valence electrons. The molecule has 0 aliphatic carbocycles. The summed E-state index contributed by atoms with van der Waals surface area (Å²) in [6, 6.07) is 12.5. The number of thiazole rings is 1. The van der Waals surface area contributed by atoms with Gasteiger partial charge < -0.3 is 10.6 Å². The van der Waals surface area contributed by atoms with Gasteiger partial charge in [0.15, 0.2) is 0 Å². The second-order valence-electron chi connectivity index (χ2n) is 5.26. The van der Waals surface area contributed by atoms with Crippen molar-refractivity contribution in [3.05, 3.63) is 64.2 Å². The van der Waals surface area contributed by atoms with E-state index in [-0.39, 0.29) is 10.8 Å². The molecule has 0 atom stereocenters. The monoisotopic (exact) mass is 377 g/mol. The summed E-state index contributed by atoms with van der Waals surface area (Å²) in [6.45, 7) is 6.45. The molecule has 6 heteroatoms. The van der Waals surface area contributed by atoms with Gasteiger partial charge in [-0.15, -0.1) is 11.3 Å². The summed E-state index contributed by atoms with van der Waals surface area (Å²) in [5, 5.41) is 2.34. The second-order valence-corrected chi connectivity index (χ2v) is 6.38. The molecule has 0 fully saturated rings. The van der Waals surface area contributed by atoms with Crippen LogP contribution >= 0.6 is 22.9 Å². The van der Waals surface area contributed by atoms with Crippen LogP contribution in [0.1, 0.15) is 13.8 Å². The van der Waals surface area contributed by atoms with E-state index in [1.54, 1.807) is 11.3 Å². The fraction of sp³-hybridized carbons (Fsp3) is 0.211. The number of halogens is 2. The van der Waals surface area contributed by atoms with Crippen LogP contribution in [-0.2, 0) is 0 Å². The van der Waals surface area contributed by atoms with Crippen LogP contribution in [-0.4, -0.2) is 18.1 Å². The number of nitrogens with two attached hydrogens (primary N) is 1. The van der Waals surface area contributed by atoms with Gasteiger partial charge in [0, 0.05) is 29.7 Å². The van der Waals surface area contributed by atoms with Gasteiger partial charge in [0.25, 0.3) is 0 Å². The summed E-state index contributed by atoms with van der Waals surface area (Å²) in [5.41, 5.74) is 11.1. The van der Waals surface area contributed by atoms with E-state index in [9.17, 15) is 4.39 Å². The molecule has 0 unspecified atom stereocenters. The van der Waals surface area contributed by atoms with E-state index >= 15 is 0 Å². The van der Waals surface area contributed by atoms with Crippen molar-refractivity contribution in [3.8, 4) is 11.3 Å². The van der Waals surface area contributed by atoms with Gasteiger partial charge in [-0.05, 0) is 44.2 Å². The highest BCUT2D eigenvalue weighted by molar-refractivity contribution is 7.07. The van der Waals surface area contributed by atoms with Gasteiger partial charge >= 0.3 is 0 Å². The van der Waals surface area contributed by atoms with Gasteiger partial charge in [0.2, 0.25) is 0 Å². The summed E-state index contributed by atoms with van der Waals surface area (Å²) >= 11 is 7.08. The van der Waals surface area contributed by atoms with Crippen LogP contribution in [0.15, 0.2) is 53.4 Å². The summed E-state index contributed by atoms with van der Waals surface area (Å²) < 4.78 is 12.2. The van der Waals surface area contributed by atoms with Crippen LogP contribution in [0.5, 0.6) is 0 Å². The normalized spacial score (nSPS) is 10.1. The lowest BCUT2D eigenvalue weighted by molar-refractivity contribution is 0.628. The fourth-order valence-corrected chi connectivity index (χ4v) is 3.02. The number of aromatic nitrogens is 1. The lowest BCUT2D eigenvalue weighted by atomic mass is 10.1. The maximum absolute atomic E-state index is 12.2. The molecule has 0 saturated heterocycles. The molecule has 2 aromatic carbocycles. The highest BCUT2D eigenvalue weighted by atomic mass is 35.5. The van der Waals surface area contributed by atoms with Gasteiger partial charge in [-0.2, -0.15) is 0 Å². The van der Waals surface area contributed by atoms with Crippen molar-refractivity contribution in [2.24, 2.45) is 0 Å². The first kappa shape index (κ1) is 19.2. The number of rotatable bonds is 4. The first-order chi connectivity index (χ1) is 12.0. The number of hydrogen-bond acceptors (Lipinski definition) is 4. The molecule has 0 aliphatic heterocycles. The standard InChI is InChI=1S/C13H16N2S.C6H5ClFN/c1-3-15(4-2)12-7-5-11(6-8-12)13-9-16-10-14-13;7-5-3-4(8)1-2-6(5)9/h5-10H,3-4H2,1-2H3;1-3H,9H2. The van der Waals surface area contributed by atoms with Crippen LogP contribution in [0, 0.1) is 5.82 Å². The molecule has 0 spiro atoms. The molecule has 0 saturated carbocycles. The first-order valence-corrected chi connectivity index (χ1v) is 9.31. The van der Waals surface area contributed by atoms with Gasteiger partial charge in [-0.25, -0.2) is 9.37 Å². The third-order valence-corrected chi connectivity index (χ3v) is 4.60. The fourth-order valence-electron chi connectivity index (χ4n) is 2.29. The van der Waals surface area contributed by atoms with Crippen LogP contribution in [0.4, 0.5) is 15.8 Å². The molecule has 0 aliphatic rings. The minimum Gasteiger partial charge on any atom is -0.398 e. The van der Waals surface area contributed by atoms with E-state index in [0.717, 1.165) is 18.8 Å². The van der Waals surface area contributed by atoms with Crippen molar-refractivity contribution in [1.82, 2.24) is 4.98 Å². The molecule has 3 nitrogen and oxygen atoms in total. The van der Waals surface area contributed by atoms with Crippen LogP contribution in [0.25, 0.3) is 11.3 Å². The van der Waals surface area contributed by atoms with E-state index in [4.69, 9.17) is 17.3 Å². The molecule has 3 aromatic rings. The molecule has 1 aromatic heterocycles. The lowest BCUT2D eigenvalue weighted by Crippen LogP contribution is -2.21. The number of nitrogens with zero attached hydrogens (tertiary/aromatic N) is 2. The molecule has 0 radical (unpaired) electrons. The van der Waals surface area contributed by atoms with E-state index in [1.807, 2.05) is 5.51 Å². The average molecular weight is 378 g/mol. The molecule has 1 heterocycles. The Bertz CT molecular complexity index is 772. The minimum atomic E-state index is -0.366. The smallest absolute Gasteiger partial charge is 0.124 e. The number of benzene rings is 2. The largest absolute Gasteiger partial charge is 0.398 e. The van der Waals surface area contributed by atoms with Crippen molar-refractivity contribution < 1.29 is 4.39 Å². The Kier molecular flexibility index (Phi) is 7.22. The first-order valence-electron chi connectivity index (χ1n) is 7.99. The molecular formula is C19H21ClFN3S. The Hall–Kier alpha value is -2.11. The molecule has 0 bridgehead atoms. The third-order valence-electron chi connectivity index (χ3n) is 3.69. The average Bonchev–Trinajstić information content (AvgIpc) is 3.15. The maximum Gasteiger partial charge on any atom is 0.124 e. The van der Waals surface area contributed by atoms with Gasteiger partial charge in [-0.3, -0.25) is 0 Å². The molecule has 2 N–H and O–H groups in total. The molecular weight excluding hydrogens is 357 g/mol. The quantitative estimate of drug-likeness (QED) is 0.591. The summed E-state index contributed by atoms with van der Waals surface area (Å²) in [4.78, 5) is 6.64. The maximum atomic E-state index is 12.2. The zero-order valence-corrected chi connectivity index (χ0v) is 15.8. The Labute approximate surface area is 156 Å². The van der Waals surface area contributed by atoms with Crippen LogP contribution in [0.3, 0.4) is 0 Å². The summed E-state index contributed by atoms with van der Waals surface area (Å²) in [7, 11) is 0. The summed E-state index contributed by atoms with van der Waals surface area (Å²) in [5.74, 6) is -0.366. The zero-order chi connectivity index (χ0) is 18.2. The SMILES string of the molecule is CCN(CC)c1ccc(-c2cscn2)cc1.Nc1ccc(F)cc1Cl. The lowest BCUT2D eigenvalue weighted by Gasteiger charge is -2.20. The van der Waals surface area contributed by atoms with Crippen molar-refractivity contribution >= 4 is 34.3 Å².